The maximum absolute atomic E-state index is 10.7. The zero-order valence-corrected chi connectivity index (χ0v) is 9.64. The van der Waals surface area contributed by atoms with Crippen LogP contribution in [0.3, 0.4) is 0 Å². The van der Waals surface area contributed by atoms with Gasteiger partial charge >= 0.3 is 0 Å². The molecule has 1 fully saturated rings. The Labute approximate surface area is 94.9 Å². The van der Waals surface area contributed by atoms with E-state index in [9.17, 15) is 4.79 Å². The number of carbonyl (C=O) groups is 1. The molecule has 0 bridgehead atoms. The van der Waals surface area contributed by atoms with Crippen LogP contribution >= 0.6 is 23.2 Å². The van der Waals surface area contributed by atoms with Crippen LogP contribution < -0.4 is 0 Å². The van der Waals surface area contributed by atoms with Gasteiger partial charge in [0.15, 0.2) is 0 Å². The molecule has 0 radical (unpaired) electrons. The van der Waals surface area contributed by atoms with Gasteiger partial charge in [-0.05, 0) is 12.8 Å². The van der Waals surface area contributed by atoms with E-state index >= 15 is 0 Å². The second-order valence-electron chi connectivity index (χ2n) is 3.67. The highest BCUT2D eigenvalue weighted by atomic mass is 35.5. The Morgan fingerprint density at radius 3 is 2.50 bits per heavy atom. The number of alkyl halides is 2. The Bertz CT molecular complexity index is 170. The predicted octanol–water partition coefficient (Wildman–Crippen LogP) is 2.75. The van der Waals surface area contributed by atoms with Crippen molar-refractivity contribution in [3.05, 3.63) is 0 Å². The van der Waals surface area contributed by atoms with E-state index in [1.807, 2.05) is 0 Å². The van der Waals surface area contributed by atoms with Gasteiger partial charge in [0, 0.05) is 5.88 Å². The van der Waals surface area contributed by atoms with E-state index in [0.717, 1.165) is 19.1 Å². The number of aldehydes is 1. The van der Waals surface area contributed by atoms with Crippen LogP contribution in [0.4, 0.5) is 0 Å². The van der Waals surface area contributed by atoms with Gasteiger partial charge in [0.2, 0.25) is 0 Å². The summed E-state index contributed by atoms with van der Waals surface area (Å²) < 4.78 is 5.61. The maximum Gasteiger partial charge on any atom is 0.150 e. The maximum atomic E-state index is 10.7. The van der Waals surface area contributed by atoms with Crippen LogP contribution in [0.5, 0.6) is 0 Å². The zero-order valence-electron chi connectivity index (χ0n) is 8.12. The third-order valence-corrected chi connectivity index (χ3v) is 3.43. The van der Waals surface area contributed by atoms with Gasteiger partial charge in [0.1, 0.15) is 12.4 Å². The summed E-state index contributed by atoms with van der Waals surface area (Å²) in [6.45, 7) is 0. The first kappa shape index (κ1) is 12.3. The topological polar surface area (TPSA) is 26.3 Å². The van der Waals surface area contributed by atoms with Crippen LogP contribution in [0.1, 0.15) is 32.1 Å². The Balaban J connectivity index is 2.34. The molecule has 0 spiro atoms. The molecule has 2 unspecified atom stereocenters. The molecular formula is C10H16Cl2O2. The number of hydrogen-bond donors (Lipinski definition) is 0. The summed E-state index contributed by atoms with van der Waals surface area (Å²) in [6, 6.07) is 0. The number of ether oxygens (including phenoxy) is 1. The van der Waals surface area contributed by atoms with Gasteiger partial charge in [0.05, 0.1) is 11.5 Å². The van der Waals surface area contributed by atoms with Crippen molar-refractivity contribution < 1.29 is 9.53 Å². The molecule has 0 N–H and O–H groups in total. The highest BCUT2D eigenvalue weighted by molar-refractivity contribution is 6.29. The first-order valence-electron chi connectivity index (χ1n) is 5.08. The van der Waals surface area contributed by atoms with Crippen molar-refractivity contribution in [2.24, 2.45) is 0 Å². The van der Waals surface area contributed by atoms with E-state index in [1.54, 1.807) is 0 Å². The minimum absolute atomic E-state index is 0.198. The summed E-state index contributed by atoms with van der Waals surface area (Å²) in [5.41, 5.74) is 0. The zero-order chi connectivity index (χ0) is 10.4. The first-order chi connectivity index (χ1) is 6.77. The van der Waals surface area contributed by atoms with Gasteiger partial charge in [-0.25, -0.2) is 0 Å². The van der Waals surface area contributed by atoms with E-state index in [4.69, 9.17) is 27.9 Å². The SMILES string of the molecule is O=CC(OC1CCCCC1)C(Cl)CCl. The summed E-state index contributed by atoms with van der Waals surface area (Å²) in [4.78, 5) is 10.7. The van der Waals surface area contributed by atoms with Crippen LogP contribution in [-0.2, 0) is 9.53 Å². The third kappa shape index (κ3) is 3.76. The molecule has 0 aromatic carbocycles. The second kappa shape index (κ2) is 6.65. The average Bonchev–Trinajstić information content (AvgIpc) is 2.26. The lowest BCUT2D eigenvalue weighted by molar-refractivity contribution is -0.123. The van der Waals surface area contributed by atoms with Crippen molar-refractivity contribution in [3.8, 4) is 0 Å². The molecule has 4 heteroatoms. The largest absolute Gasteiger partial charge is 0.366 e. The Morgan fingerprint density at radius 1 is 1.36 bits per heavy atom. The highest BCUT2D eigenvalue weighted by Gasteiger charge is 2.23. The van der Waals surface area contributed by atoms with Gasteiger partial charge in [-0.2, -0.15) is 0 Å². The highest BCUT2D eigenvalue weighted by Crippen LogP contribution is 2.22. The Morgan fingerprint density at radius 2 is 2.00 bits per heavy atom. The number of carbonyl (C=O) groups excluding carboxylic acids is 1. The predicted molar refractivity (Wildman–Crippen MR) is 58.2 cm³/mol. The summed E-state index contributed by atoms with van der Waals surface area (Å²) in [5.74, 6) is 0.248. The molecule has 1 saturated carbocycles. The molecule has 14 heavy (non-hydrogen) atoms. The van der Waals surface area contributed by atoms with Crippen LogP contribution in [0.25, 0.3) is 0 Å². The Kier molecular flexibility index (Phi) is 5.83. The second-order valence-corrected chi connectivity index (χ2v) is 4.54. The van der Waals surface area contributed by atoms with Crippen molar-refractivity contribution in [1.82, 2.24) is 0 Å². The average molecular weight is 239 g/mol. The van der Waals surface area contributed by atoms with E-state index in [1.165, 1.54) is 19.3 Å². The monoisotopic (exact) mass is 238 g/mol. The minimum atomic E-state index is -0.544. The van der Waals surface area contributed by atoms with Crippen molar-refractivity contribution in [2.75, 3.05) is 5.88 Å². The lowest BCUT2D eigenvalue weighted by Gasteiger charge is -2.26. The van der Waals surface area contributed by atoms with E-state index in [2.05, 4.69) is 0 Å². The first-order valence-corrected chi connectivity index (χ1v) is 6.05. The molecule has 2 atom stereocenters. The van der Waals surface area contributed by atoms with Gasteiger partial charge in [-0.1, -0.05) is 19.3 Å². The normalized spacial score (nSPS) is 23.0. The fourth-order valence-corrected chi connectivity index (χ4v) is 2.01. The smallest absolute Gasteiger partial charge is 0.150 e. The van der Waals surface area contributed by atoms with E-state index in [-0.39, 0.29) is 12.0 Å². The van der Waals surface area contributed by atoms with Gasteiger partial charge < -0.3 is 9.53 Å². The fourth-order valence-electron chi connectivity index (χ4n) is 1.71. The summed E-state index contributed by atoms with van der Waals surface area (Å²) in [6.07, 6.45) is 6.13. The van der Waals surface area contributed by atoms with E-state index in [0.29, 0.717) is 0 Å². The van der Waals surface area contributed by atoms with Crippen LogP contribution in [0.15, 0.2) is 0 Å². The van der Waals surface area contributed by atoms with Crippen molar-refractivity contribution in [2.45, 2.75) is 49.7 Å². The minimum Gasteiger partial charge on any atom is -0.366 e. The molecule has 82 valence electrons. The molecule has 2 nitrogen and oxygen atoms in total. The Hall–Kier alpha value is 0.210. The summed E-state index contributed by atoms with van der Waals surface area (Å²) in [7, 11) is 0. The van der Waals surface area contributed by atoms with Crippen LogP contribution in [0, 0.1) is 0 Å². The molecule has 1 aliphatic carbocycles. The number of halogens is 2. The molecule has 0 saturated heterocycles. The summed E-state index contributed by atoms with van der Waals surface area (Å²) in [5, 5.41) is -0.406. The van der Waals surface area contributed by atoms with Gasteiger partial charge in [0.25, 0.3) is 0 Å². The lowest BCUT2D eigenvalue weighted by atomic mass is 9.97. The number of hydrogen-bond acceptors (Lipinski definition) is 2. The molecule has 0 amide bonds. The quantitative estimate of drug-likeness (QED) is 0.544. The summed E-state index contributed by atoms with van der Waals surface area (Å²) >= 11 is 11.4. The molecule has 0 aliphatic heterocycles. The fraction of sp³-hybridized carbons (Fsp3) is 0.900. The van der Waals surface area contributed by atoms with Gasteiger partial charge in [-0.15, -0.1) is 23.2 Å². The lowest BCUT2D eigenvalue weighted by Crippen LogP contribution is -2.33. The molecule has 0 aromatic heterocycles. The van der Waals surface area contributed by atoms with Crippen LogP contribution in [-0.4, -0.2) is 29.8 Å². The molecular weight excluding hydrogens is 223 g/mol. The standard InChI is InChI=1S/C10H16Cl2O2/c11-6-9(12)10(7-13)14-8-4-2-1-3-5-8/h7-10H,1-6H2. The molecule has 1 rings (SSSR count). The molecule has 1 aliphatic rings. The van der Waals surface area contributed by atoms with Gasteiger partial charge in [-0.3, -0.25) is 0 Å². The third-order valence-electron chi connectivity index (χ3n) is 2.54. The molecule has 0 heterocycles. The van der Waals surface area contributed by atoms with Crippen molar-refractivity contribution in [3.63, 3.8) is 0 Å². The number of rotatable bonds is 5. The van der Waals surface area contributed by atoms with Crippen molar-refractivity contribution >= 4 is 29.5 Å². The van der Waals surface area contributed by atoms with Crippen molar-refractivity contribution in [1.29, 1.82) is 0 Å². The van der Waals surface area contributed by atoms with Crippen LogP contribution in [0.2, 0.25) is 0 Å². The van der Waals surface area contributed by atoms with E-state index < -0.39 is 11.5 Å². The molecule has 0 aromatic rings.